The zero-order chi connectivity index (χ0) is 15.9. The van der Waals surface area contributed by atoms with Crippen LogP contribution in [0.15, 0.2) is 12.3 Å². The predicted octanol–water partition coefficient (Wildman–Crippen LogP) is 2.77. The number of aliphatic carboxylic acids is 1. The first-order valence-electron chi connectivity index (χ1n) is 7.83. The van der Waals surface area contributed by atoms with Gasteiger partial charge in [-0.1, -0.05) is 31.8 Å². The highest BCUT2D eigenvalue weighted by Gasteiger charge is 2.02. The zero-order valence-corrected chi connectivity index (χ0v) is 13.4. The molecule has 0 saturated carbocycles. The number of allylic oxidation sites excluding steroid dienone is 1. The van der Waals surface area contributed by atoms with Crippen molar-refractivity contribution in [2.24, 2.45) is 0 Å². The van der Waals surface area contributed by atoms with Crippen molar-refractivity contribution in [1.29, 1.82) is 0 Å². The van der Waals surface area contributed by atoms with E-state index in [0.717, 1.165) is 12.8 Å². The Balaban J connectivity index is 3.29. The van der Waals surface area contributed by atoms with Gasteiger partial charge in [-0.05, 0) is 46.1 Å². The summed E-state index contributed by atoms with van der Waals surface area (Å²) in [5, 5.41) is 11.0. The second-order valence-corrected chi connectivity index (χ2v) is 5.58. The van der Waals surface area contributed by atoms with Gasteiger partial charge in [-0.25, -0.2) is 0 Å². The number of amides is 1. The fourth-order valence-electron chi connectivity index (χ4n) is 1.93. The van der Waals surface area contributed by atoms with Gasteiger partial charge in [0.25, 0.3) is 0 Å². The van der Waals surface area contributed by atoms with Gasteiger partial charge >= 0.3 is 5.97 Å². The van der Waals surface area contributed by atoms with Crippen molar-refractivity contribution in [2.75, 3.05) is 20.6 Å². The number of carbonyl (C=O) groups is 2. The molecule has 0 aliphatic carbocycles. The minimum absolute atomic E-state index is 0.0343. The first-order valence-corrected chi connectivity index (χ1v) is 7.83. The van der Waals surface area contributed by atoms with Crippen molar-refractivity contribution in [3.63, 3.8) is 0 Å². The van der Waals surface area contributed by atoms with Crippen molar-refractivity contribution in [2.45, 2.75) is 57.8 Å². The second-order valence-electron chi connectivity index (χ2n) is 5.58. The number of carbonyl (C=O) groups excluding carboxylic acids is 1. The number of rotatable bonds is 13. The van der Waals surface area contributed by atoms with Gasteiger partial charge < -0.3 is 15.3 Å². The Morgan fingerprint density at radius 3 is 2.24 bits per heavy atom. The molecule has 0 aliphatic heterocycles. The van der Waals surface area contributed by atoms with Crippen LogP contribution in [-0.2, 0) is 9.59 Å². The molecule has 0 aliphatic rings. The van der Waals surface area contributed by atoms with Gasteiger partial charge in [-0.2, -0.15) is 0 Å². The minimum Gasteiger partial charge on any atom is -0.481 e. The molecule has 0 radical (unpaired) electrons. The van der Waals surface area contributed by atoms with Crippen LogP contribution in [0.4, 0.5) is 0 Å². The van der Waals surface area contributed by atoms with Gasteiger partial charge in [0.15, 0.2) is 0 Å². The van der Waals surface area contributed by atoms with Gasteiger partial charge in [-0.15, -0.1) is 0 Å². The average molecular weight is 298 g/mol. The van der Waals surface area contributed by atoms with Crippen LogP contribution >= 0.6 is 0 Å². The Bertz CT molecular complexity index is 315. The molecular formula is C16H30N2O3. The standard InChI is InChI=1S/C16H30N2O3/c1-18(2)14-10-8-6-4-3-5-7-9-13-17-15(19)11-12-16(20)21/h9,13H,3-8,10-12,14H2,1-2H3,(H,17,19)(H,20,21). The van der Waals surface area contributed by atoms with Gasteiger partial charge in [0.1, 0.15) is 0 Å². The lowest BCUT2D eigenvalue weighted by Crippen LogP contribution is -2.17. The summed E-state index contributed by atoms with van der Waals surface area (Å²) in [7, 11) is 4.21. The van der Waals surface area contributed by atoms with Crippen LogP contribution < -0.4 is 5.32 Å². The van der Waals surface area contributed by atoms with E-state index in [-0.39, 0.29) is 18.7 Å². The van der Waals surface area contributed by atoms with Crippen molar-refractivity contribution in [1.82, 2.24) is 10.2 Å². The molecule has 0 spiro atoms. The lowest BCUT2D eigenvalue weighted by atomic mass is 10.1. The van der Waals surface area contributed by atoms with E-state index in [4.69, 9.17) is 5.11 Å². The minimum atomic E-state index is -0.945. The summed E-state index contributed by atoms with van der Waals surface area (Å²) in [6, 6.07) is 0. The van der Waals surface area contributed by atoms with E-state index in [1.165, 1.54) is 38.6 Å². The molecule has 122 valence electrons. The van der Waals surface area contributed by atoms with E-state index in [2.05, 4.69) is 24.3 Å². The molecule has 0 unspecified atom stereocenters. The van der Waals surface area contributed by atoms with Crippen molar-refractivity contribution in [3.05, 3.63) is 12.3 Å². The van der Waals surface area contributed by atoms with Gasteiger partial charge in [0.2, 0.25) is 5.91 Å². The number of nitrogens with one attached hydrogen (secondary N) is 1. The molecule has 0 aromatic rings. The highest BCUT2D eigenvalue weighted by molar-refractivity contribution is 5.81. The second kappa shape index (κ2) is 13.6. The molecule has 0 atom stereocenters. The smallest absolute Gasteiger partial charge is 0.303 e. The van der Waals surface area contributed by atoms with Crippen molar-refractivity contribution < 1.29 is 14.7 Å². The molecule has 0 rings (SSSR count). The number of hydrogen-bond acceptors (Lipinski definition) is 3. The fourth-order valence-corrected chi connectivity index (χ4v) is 1.93. The fraction of sp³-hybridized carbons (Fsp3) is 0.750. The van der Waals surface area contributed by atoms with Crippen LogP contribution in [-0.4, -0.2) is 42.5 Å². The lowest BCUT2D eigenvalue weighted by Gasteiger charge is -2.08. The van der Waals surface area contributed by atoms with Crippen LogP contribution in [0.1, 0.15) is 57.8 Å². The van der Waals surface area contributed by atoms with Crippen molar-refractivity contribution in [3.8, 4) is 0 Å². The number of hydrogen-bond donors (Lipinski definition) is 2. The highest BCUT2D eigenvalue weighted by Crippen LogP contribution is 2.07. The Hall–Kier alpha value is -1.36. The maximum absolute atomic E-state index is 11.2. The van der Waals surface area contributed by atoms with Gasteiger partial charge in [0, 0.05) is 6.42 Å². The molecule has 0 aromatic heterocycles. The summed E-state index contributed by atoms with van der Waals surface area (Å²) in [4.78, 5) is 23.7. The first-order chi connectivity index (χ1) is 10.0. The van der Waals surface area contributed by atoms with E-state index < -0.39 is 5.97 Å². The van der Waals surface area contributed by atoms with E-state index >= 15 is 0 Å². The maximum Gasteiger partial charge on any atom is 0.303 e. The van der Waals surface area contributed by atoms with E-state index in [1.807, 2.05) is 6.08 Å². The highest BCUT2D eigenvalue weighted by atomic mass is 16.4. The summed E-state index contributed by atoms with van der Waals surface area (Å²) in [6.07, 6.45) is 11.9. The van der Waals surface area contributed by atoms with Gasteiger partial charge in [0.05, 0.1) is 6.42 Å². The normalized spacial score (nSPS) is 11.2. The molecule has 2 N–H and O–H groups in total. The van der Waals surface area contributed by atoms with E-state index in [0.29, 0.717) is 0 Å². The topological polar surface area (TPSA) is 69.6 Å². The van der Waals surface area contributed by atoms with Crippen LogP contribution in [0.5, 0.6) is 0 Å². The monoisotopic (exact) mass is 298 g/mol. The molecule has 0 heterocycles. The molecule has 0 aromatic carbocycles. The van der Waals surface area contributed by atoms with Crippen LogP contribution in [0.25, 0.3) is 0 Å². The summed E-state index contributed by atoms with van der Waals surface area (Å²) in [5.74, 6) is -1.19. The number of carboxylic acids is 1. The van der Waals surface area contributed by atoms with Crippen LogP contribution in [0, 0.1) is 0 Å². The predicted molar refractivity (Wildman–Crippen MR) is 85.0 cm³/mol. The summed E-state index contributed by atoms with van der Waals surface area (Å²) in [5.41, 5.74) is 0. The summed E-state index contributed by atoms with van der Waals surface area (Å²) in [6.45, 7) is 1.17. The summed E-state index contributed by atoms with van der Waals surface area (Å²) >= 11 is 0. The summed E-state index contributed by atoms with van der Waals surface area (Å²) < 4.78 is 0. The molecule has 5 nitrogen and oxygen atoms in total. The maximum atomic E-state index is 11.2. The van der Waals surface area contributed by atoms with Gasteiger partial charge in [-0.3, -0.25) is 9.59 Å². The third-order valence-electron chi connectivity index (χ3n) is 3.15. The SMILES string of the molecule is CN(C)CCCCCCCCC=CNC(=O)CCC(=O)O. The quantitative estimate of drug-likeness (QED) is 0.513. The van der Waals surface area contributed by atoms with E-state index in [9.17, 15) is 9.59 Å². The molecule has 0 bridgehead atoms. The van der Waals surface area contributed by atoms with Crippen molar-refractivity contribution >= 4 is 11.9 Å². The molecule has 5 heteroatoms. The molecular weight excluding hydrogens is 268 g/mol. The van der Waals surface area contributed by atoms with Crippen LogP contribution in [0.2, 0.25) is 0 Å². The third-order valence-corrected chi connectivity index (χ3v) is 3.15. The molecule has 0 saturated heterocycles. The third kappa shape index (κ3) is 16.6. The number of carboxylic acid groups (broad SMARTS) is 1. The Labute approximate surface area is 128 Å². The Kier molecular flexibility index (Phi) is 12.7. The lowest BCUT2D eigenvalue weighted by molar-refractivity contribution is -0.138. The van der Waals surface area contributed by atoms with E-state index in [1.54, 1.807) is 6.20 Å². The number of unbranched alkanes of at least 4 members (excludes halogenated alkanes) is 6. The first kappa shape index (κ1) is 19.6. The molecule has 0 fully saturated rings. The average Bonchev–Trinajstić information content (AvgIpc) is 2.42. The largest absolute Gasteiger partial charge is 0.481 e. The Morgan fingerprint density at radius 2 is 1.62 bits per heavy atom. The molecule has 1 amide bonds. The number of nitrogens with zero attached hydrogens (tertiary/aromatic N) is 1. The molecule has 21 heavy (non-hydrogen) atoms. The zero-order valence-electron chi connectivity index (χ0n) is 13.4. The Morgan fingerprint density at radius 1 is 1.00 bits per heavy atom. The van der Waals surface area contributed by atoms with Crippen LogP contribution in [0.3, 0.4) is 0 Å².